The zero-order chi connectivity index (χ0) is 13.5. The summed E-state index contributed by atoms with van der Waals surface area (Å²) >= 11 is 9.02. The molecule has 0 spiro atoms. The standard InChI is InChI=1S/C10H8BrClFNO3S/c11-8-3-6(1-2-9(8)12)14-5-7(4-10(14)15)18(13,16)17/h1-3,7H,4-5H2. The van der Waals surface area contributed by atoms with E-state index in [1.54, 1.807) is 18.2 Å². The van der Waals surface area contributed by atoms with Gasteiger partial charge >= 0.3 is 10.2 Å². The highest BCUT2D eigenvalue weighted by Gasteiger charge is 2.39. The quantitative estimate of drug-likeness (QED) is 0.765. The van der Waals surface area contributed by atoms with Crippen LogP contribution in [0.1, 0.15) is 6.42 Å². The Labute approximate surface area is 117 Å². The van der Waals surface area contributed by atoms with E-state index in [4.69, 9.17) is 11.6 Å². The Kier molecular flexibility index (Phi) is 3.66. The van der Waals surface area contributed by atoms with Crippen molar-refractivity contribution in [2.45, 2.75) is 11.7 Å². The second-order valence-electron chi connectivity index (χ2n) is 3.90. The lowest BCUT2D eigenvalue weighted by Gasteiger charge is -2.16. The molecule has 1 aliphatic heterocycles. The van der Waals surface area contributed by atoms with E-state index in [1.807, 2.05) is 0 Å². The van der Waals surface area contributed by atoms with Crippen LogP contribution >= 0.6 is 27.5 Å². The van der Waals surface area contributed by atoms with Crippen LogP contribution in [0.3, 0.4) is 0 Å². The monoisotopic (exact) mass is 355 g/mol. The molecule has 1 fully saturated rings. The van der Waals surface area contributed by atoms with Crippen LogP contribution in [0.15, 0.2) is 22.7 Å². The Morgan fingerprint density at radius 2 is 2.11 bits per heavy atom. The summed E-state index contributed by atoms with van der Waals surface area (Å²) in [5.74, 6) is -0.421. The molecule has 1 atom stereocenters. The third-order valence-corrected chi connectivity index (χ3v) is 5.03. The van der Waals surface area contributed by atoms with Gasteiger partial charge in [0.1, 0.15) is 5.25 Å². The molecule has 1 aromatic carbocycles. The minimum Gasteiger partial charge on any atom is -0.311 e. The fourth-order valence-corrected chi connectivity index (χ4v) is 2.92. The highest BCUT2D eigenvalue weighted by Crippen LogP contribution is 2.31. The second kappa shape index (κ2) is 4.79. The van der Waals surface area contributed by atoms with E-state index in [-0.39, 0.29) is 13.0 Å². The van der Waals surface area contributed by atoms with Crippen LogP contribution in [0.4, 0.5) is 9.57 Å². The molecule has 1 unspecified atom stereocenters. The molecule has 4 nitrogen and oxygen atoms in total. The predicted octanol–water partition coefficient (Wildman–Crippen LogP) is 2.51. The van der Waals surface area contributed by atoms with Crippen LogP contribution in [0.2, 0.25) is 5.02 Å². The van der Waals surface area contributed by atoms with E-state index in [0.29, 0.717) is 15.2 Å². The maximum Gasteiger partial charge on any atom is 0.307 e. The number of amides is 1. The first kappa shape index (κ1) is 13.8. The Morgan fingerprint density at radius 3 is 2.61 bits per heavy atom. The molecule has 8 heteroatoms. The van der Waals surface area contributed by atoms with Gasteiger partial charge in [-0.25, -0.2) is 0 Å². The molecule has 1 aromatic rings. The molecule has 0 aliphatic carbocycles. The minimum atomic E-state index is -4.69. The molecular weight excluding hydrogens is 349 g/mol. The molecule has 18 heavy (non-hydrogen) atoms. The van der Waals surface area contributed by atoms with E-state index in [9.17, 15) is 17.1 Å². The van der Waals surface area contributed by atoms with Gasteiger partial charge in [-0.1, -0.05) is 11.6 Å². The third-order valence-electron chi connectivity index (χ3n) is 2.70. The molecule has 1 heterocycles. The predicted molar refractivity (Wildman–Crippen MR) is 69.9 cm³/mol. The number of carbonyl (C=O) groups excluding carboxylic acids is 1. The van der Waals surface area contributed by atoms with Crippen LogP contribution in [0, 0.1) is 0 Å². The number of anilines is 1. The summed E-state index contributed by atoms with van der Waals surface area (Å²) in [5.41, 5.74) is 0.488. The lowest BCUT2D eigenvalue weighted by molar-refractivity contribution is -0.117. The molecule has 1 amide bonds. The van der Waals surface area contributed by atoms with E-state index < -0.39 is 21.4 Å². The molecule has 0 aromatic heterocycles. The number of rotatable bonds is 2. The van der Waals surface area contributed by atoms with Gasteiger partial charge in [-0.05, 0) is 34.1 Å². The summed E-state index contributed by atoms with van der Waals surface area (Å²) in [7, 11) is -4.69. The Hall–Kier alpha value is -0.660. The van der Waals surface area contributed by atoms with Crippen molar-refractivity contribution in [3.05, 3.63) is 27.7 Å². The molecular formula is C10H8BrClFNO3S. The average Bonchev–Trinajstić information content (AvgIpc) is 2.64. The summed E-state index contributed by atoms with van der Waals surface area (Å²) in [6.07, 6.45) is -0.334. The molecule has 1 aliphatic rings. The van der Waals surface area contributed by atoms with Gasteiger partial charge in [-0.3, -0.25) is 4.79 Å². The van der Waals surface area contributed by atoms with E-state index in [1.165, 1.54) is 4.90 Å². The Balaban J connectivity index is 2.30. The van der Waals surface area contributed by atoms with Gasteiger partial charge in [0.2, 0.25) is 5.91 Å². The Bertz CT molecular complexity index is 607. The molecule has 0 bridgehead atoms. The number of nitrogens with zero attached hydrogens (tertiary/aromatic N) is 1. The summed E-state index contributed by atoms with van der Waals surface area (Å²) in [6, 6.07) is 4.75. The summed E-state index contributed by atoms with van der Waals surface area (Å²) in [4.78, 5) is 12.9. The summed E-state index contributed by atoms with van der Waals surface area (Å²) < 4.78 is 35.0. The number of benzene rings is 1. The molecule has 1 saturated heterocycles. The SMILES string of the molecule is O=C1CC(S(=O)(=O)F)CN1c1ccc(Cl)c(Br)c1. The van der Waals surface area contributed by atoms with Crippen LogP contribution in [-0.2, 0) is 15.0 Å². The van der Waals surface area contributed by atoms with Gasteiger partial charge in [0.25, 0.3) is 0 Å². The van der Waals surface area contributed by atoms with E-state index in [0.717, 1.165) is 0 Å². The van der Waals surface area contributed by atoms with Crippen molar-refractivity contribution in [3.63, 3.8) is 0 Å². The molecule has 98 valence electrons. The topological polar surface area (TPSA) is 54.5 Å². The largest absolute Gasteiger partial charge is 0.311 e. The van der Waals surface area contributed by atoms with Gasteiger partial charge in [0.15, 0.2) is 0 Å². The van der Waals surface area contributed by atoms with Gasteiger partial charge < -0.3 is 4.90 Å². The van der Waals surface area contributed by atoms with Crippen LogP contribution in [0.25, 0.3) is 0 Å². The molecule has 0 saturated carbocycles. The van der Waals surface area contributed by atoms with Crippen molar-refractivity contribution in [2.75, 3.05) is 11.4 Å². The zero-order valence-corrected chi connectivity index (χ0v) is 12.1. The summed E-state index contributed by atoms with van der Waals surface area (Å²) in [5, 5.41) is -0.820. The van der Waals surface area contributed by atoms with Crippen LogP contribution in [-0.4, -0.2) is 26.1 Å². The zero-order valence-electron chi connectivity index (χ0n) is 8.94. The van der Waals surface area contributed by atoms with Crippen molar-refractivity contribution in [1.82, 2.24) is 0 Å². The normalized spacial score (nSPS) is 20.5. The number of hydrogen-bond donors (Lipinski definition) is 0. The summed E-state index contributed by atoms with van der Waals surface area (Å²) in [6.45, 7) is -0.175. The maximum absolute atomic E-state index is 12.9. The van der Waals surface area contributed by atoms with Crippen molar-refractivity contribution < 1.29 is 17.1 Å². The molecule has 0 radical (unpaired) electrons. The van der Waals surface area contributed by atoms with Gasteiger partial charge in [0.05, 0.1) is 5.02 Å². The first-order valence-corrected chi connectivity index (χ1v) is 7.59. The highest BCUT2D eigenvalue weighted by molar-refractivity contribution is 9.10. The minimum absolute atomic E-state index is 0.175. The van der Waals surface area contributed by atoms with Crippen molar-refractivity contribution in [2.24, 2.45) is 0 Å². The molecule has 0 N–H and O–H groups in total. The first-order chi connectivity index (χ1) is 8.29. The van der Waals surface area contributed by atoms with Gasteiger partial charge in [0, 0.05) is 23.1 Å². The van der Waals surface area contributed by atoms with Crippen LogP contribution in [0.5, 0.6) is 0 Å². The smallest absolute Gasteiger partial charge is 0.307 e. The lowest BCUT2D eigenvalue weighted by Crippen LogP contribution is -2.26. The first-order valence-electron chi connectivity index (χ1n) is 4.98. The Morgan fingerprint density at radius 1 is 1.44 bits per heavy atom. The van der Waals surface area contributed by atoms with E-state index in [2.05, 4.69) is 15.9 Å². The molecule has 2 rings (SSSR count). The third kappa shape index (κ3) is 2.67. The van der Waals surface area contributed by atoms with Crippen molar-refractivity contribution in [1.29, 1.82) is 0 Å². The van der Waals surface area contributed by atoms with Crippen LogP contribution < -0.4 is 4.90 Å². The number of hydrogen-bond acceptors (Lipinski definition) is 3. The van der Waals surface area contributed by atoms with Crippen molar-refractivity contribution >= 4 is 49.3 Å². The lowest BCUT2D eigenvalue weighted by atomic mass is 10.3. The maximum atomic E-state index is 12.9. The number of halogens is 3. The highest BCUT2D eigenvalue weighted by atomic mass is 79.9. The van der Waals surface area contributed by atoms with E-state index >= 15 is 0 Å². The van der Waals surface area contributed by atoms with Gasteiger partial charge in [-0.15, -0.1) is 3.89 Å². The average molecular weight is 357 g/mol. The van der Waals surface area contributed by atoms with Gasteiger partial charge in [-0.2, -0.15) is 8.42 Å². The fraction of sp³-hybridized carbons (Fsp3) is 0.300. The second-order valence-corrected chi connectivity index (χ2v) is 6.78. The van der Waals surface area contributed by atoms with Crippen molar-refractivity contribution in [3.8, 4) is 0 Å². The fourth-order valence-electron chi connectivity index (χ4n) is 1.77. The number of carbonyl (C=O) groups is 1.